The van der Waals surface area contributed by atoms with Crippen molar-refractivity contribution in [2.24, 2.45) is 0 Å². The second-order valence-electron chi connectivity index (χ2n) is 3.40. The number of benzene rings is 1. The zero-order valence-electron chi connectivity index (χ0n) is 9.43. The number of carbonyl (C=O) groups is 1. The fourth-order valence-electron chi connectivity index (χ4n) is 1.34. The zero-order valence-corrected chi connectivity index (χ0v) is 11.0. The van der Waals surface area contributed by atoms with Gasteiger partial charge in [0.1, 0.15) is 17.3 Å². The molecular weight excluding hydrogens is 285 g/mol. The van der Waals surface area contributed by atoms with Crippen LogP contribution < -0.4 is 0 Å². The number of hydrogen-bond donors (Lipinski definition) is 1. The summed E-state index contributed by atoms with van der Waals surface area (Å²) in [5.41, 5.74) is 0. The van der Waals surface area contributed by atoms with E-state index in [1.165, 1.54) is 6.92 Å². The molecule has 1 aromatic carbocycles. The van der Waals surface area contributed by atoms with Crippen molar-refractivity contribution in [3.8, 4) is 0 Å². The summed E-state index contributed by atoms with van der Waals surface area (Å²) in [5, 5.41) is 8.36. The Morgan fingerprint density at radius 3 is 2.56 bits per heavy atom. The number of carboxylic acids is 1. The lowest BCUT2D eigenvalue weighted by molar-refractivity contribution is -0.137. The smallest absolute Gasteiger partial charge is 0.318 e. The summed E-state index contributed by atoms with van der Waals surface area (Å²) < 4.78 is 37.8. The molecule has 8 heteroatoms. The van der Waals surface area contributed by atoms with Crippen LogP contribution in [0.4, 0.5) is 4.39 Å². The second-order valence-corrected chi connectivity index (χ2v) is 5.71. The molecule has 0 aliphatic rings. The van der Waals surface area contributed by atoms with Crippen LogP contribution in [0.3, 0.4) is 0 Å². The summed E-state index contributed by atoms with van der Waals surface area (Å²) in [6, 6.07) is 2.83. The first-order valence-corrected chi connectivity index (χ1v) is 6.77. The van der Waals surface area contributed by atoms with Crippen LogP contribution in [0.15, 0.2) is 23.1 Å². The van der Waals surface area contributed by atoms with Crippen molar-refractivity contribution >= 4 is 27.6 Å². The number of hydrogen-bond acceptors (Lipinski definition) is 3. The first-order valence-electron chi connectivity index (χ1n) is 4.96. The molecule has 18 heavy (non-hydrogen) atoms. The van der Waals surface area contributed by atoms with E-state index in [4.69, 9.17) is 16.7 Å². The highest BCUT2D eigenvalue weighted by Gasteiger charge is 2.27. The van der Waals surface area contributed by atoms with Gasteiger partial charge in [-0.15, -0.1) is 0 Å². The molecule has 0 spiro atoms. The molecule has 0 aliphatic heterocycles. The maximum absolute atomic E-state index is 12.8. The van der Waals surface area contributed by atoms with Crippen LogP contribution in [0, 0.1) is 5.82 Å². The van der Waals surface area contributed by atoms with Crippen LogP contribution >= 0.6 is 11.6 Å². The van der Waals surface area contributed by atoms with E-state index in [0.29, 0.717) is 0 Å². The SMILES string of the molecule is CCN(CC(=O)O)S(=O)(=O)c1ccc(F)cc1Cl. The molecular formula is C10H11ClFNO4S. The van der Waals surface area contributed by atoms with Gasteiger partial charge in [0, 0.05) is 6.54 Å². The molecule has 0 aromatic heterocycles. The van der Waals surface area contributed by atoms with Gasteiger partial charge in [-0.1, -0.05) is 18.5 Å². The molecule has 1 aromatic rings. The quantitative estimate of drug-likeness (QED) is 0.895. The molecule has 0 heterocycles. The standard InChI is InChI=1S/C10H11ClFNO4S/c1-2-13(6-10(14)15)18(16,17)9-4-3-7(12)5-8(9)11/h3-5H,2,6H2,1H3,(H,14,15). The lowest BCUT2D eigenvalue weighted by atomic mass is 10.3. The van der Waals surface area contributed by atoms with E-state index >= 15 is 0 Å². The Balaban J connectivity index is 3.23. The van der Waals surface area contributed by atoms with Gasteiger partial charge in [0.25, 0.3) is 0 Å². The van der Waals surface area contributed by atoms with Crippen LogP contribution in [0.5, 0.6) is 0 Å². The Morgan fingerprint density at radius 2 is 2.11 bits per heavy atom. The topological polar surface area (TPSA) is 74.7 Å². The number of nitrogens with zero attached hydrogens (tertiary/aromatic N) is 1. The number of sulfonamides is 1. The first kappa shape index (κ1) is 14.9. The summed E-state index contributed by atoms with van der Waals surface area (Å²) in [6.07, 6.45) is 0. The summed E-state index contributed by atoms with van der Waals surface area (Å²) in [7, 11) is -4.04. The molecule has 0 atom stereocenters. The van der Waals surface area contributed by atoms with Crippen molar-refractivity contribution in [2.45, 2.75) is 11.8 Å². The number of aliphatic carboxylic acids is 1. The van der Waals surface area contributed by atoms with Crippen LogP contribution in [-0.4, -0.2) is 36.9 Å². The van der Waals surface area contributed by atoms with Crippen molar-refractivity contribution in [1.29, 1.82) is 0 Å². The largest absolute Gasteiger partial charge is 0.480 e. The number of carboxylic acid groups (broad SMARTS) is 1. The van der Waals surface area contributed by atoms with Gasteiger partial charge in [-0.25, -0.2) is 12.8 Å². The van der Waals surface area contributed by atoms with Crippen molar-refractivity contribution < 1.29 is 22.7 Å². The Hall–Kier alpha value is -1.18. The van der Waals surface area contributed by atoms with Crippen LogP contribution in [0.25, 0.3) is 0 Å². The van der Waals surface area contributed by atoms with Crippen molar-refractivity contribution in [3.63, 3.8) is 0 Å². The summed E-state index contributed by atoms with van der Waals surface area (Å²) in [6.45, 7) is 0.798. The summed E-state index contributed by atoms with van der Waals surface area (Å²) in [4.78, 5) is 10.3. The maximum Gasteiger partial charge on any atom is 0.318 e. The van der Waals surface area contributed by atoms with Gasteiger partial charge in [-0.2, -0.15) is 4.31 Å². The van der Waals surface area contributed by atoms with Crippen LogP contribution in [-0.2, 0) is 14.8 Å². The number of rotatable bonds is 5. The van der Waals surface area contributed by atoms with Crippen molar-refractivity contribution in [3.05, 3.63) is 29.0 Å². The second kappa shape index (κ2) is 5.64. The molecule has 5 nitrogen and oxygen atoms in total. The fourth-order valence-corrected chi connectivity index (χ4v) is 3.24. The first-order chi connectivity index (χ1) is 8.28. The maximum atomic E-state index is 12.8. The molecule has 0 radical (unpaired) electrons. The predicted octanol–water partition coefficient (Wildman–Crippen LogP) is 1.57. The van der Waals surface area contributed by atoms with Crippen LogP contribution in [0.2, 0.25) is 5.02 Å². The average molecular weight is 296 g/mol. The minimum Gasteiger partial charge on any atom is -0.480 e. The molecule has 0 aliphatic carbocycles. The Bertz CT molecular complexity index is 561. The normalized spacial score (nSPS) is 11.8. The minimum absolute atomic E-state index is 0.0255. The van der Waals surface area contributed by atoms with E-state index in [-0.39, 0.29) is 16.5 Å². The molecule has 1 N–H and O–H groups in total. The average Bonchev–Trinajstić information content (AvgIpc) is 2.24. The summed E-state index contributed by atoms with van der Waals surface area (Å²) >= 11 is 5.66. The van der Waals surface area contributed by atoms with E-state index in [2.05, 4.69) is 0 Å². The van der Waals surface area contributed by atoms with Gasteiger partial charge >= 0.3 is 5.97 Å². The molecule has 0 amide bonds. The van der Waals surface area contributed by atoms with E-state index in [1.807, 2.05) is 0 Å². The monoisotopic (exact) mass is 295 g/mol. The van der Waals surface area contributed by atoms with Gasteiger partial charge < -0.3 is 5.11 Å². The van der Waals surface area contributed by atoms with Gasteiger partial charge in [0.05, 0.1) is 5.02 Å². The van der Waals surface area contributed by atoms with Crippen molar-refractivity contribution in [1.82, 2.24) is 4.31 Å². The molecule has 0 saturated heterocycles. The predicted molar refractivity (Wildman–Crippen MR) is 63.5 cm³/mol. The third-order valence-electron chi connectivity index (χ3n) is 2.18. The van der Waals surface area contributed by atoms with Gasteiger partial charge in [0.15, 0.2) is 0 Å². The summed E-state index contributed by atoms with van der Waals surface area (Å²) in [5.74, 6) is -1.95. The van der Waals surface area contributed by atoms with E-state index in [9.17, 15) is 17.6 Å². The highest BCUT2D eigenvalue weighted by molar-refractivity contribution is 7.89. The number of likely N-dealkylation sites (N-methyl/N-ethyl adjacent to an activating group) is 1. The zero-order chi connectivity index (χ0) is 13.9. The van der Waals surface area contributed by atoms with Crippen molar-refractivity contribution in [2.75, 3.05) is 13.1 Å². The third-order valence-corrected chi connectivity index (χ3v) is 4.58. The highest BCUT2D eigenvalue weighted by atomic mass is 35.5. The minimum atomic E-state index is -4.04. The lowest BCUT2D eigenvalue weighted by Crippen LogP contribution is -2.35. The van der Waals surface area contributed by atoms with Gasteiger partial charge in [-0.3, -0.25) is 4.79 Å². The molecule has 0 saturated carbocycles. The Labute approximate surface area is 109 Å². The number of halogens is 2. The molecule has 0 bridgehead atoms. The molecule has 100 valence electrons. The third kappa shape index (κ3) is 3.18. The molecule has 0 fully saturated rings. The molecule has 0 unspecified atom stereocenters. The van der Waals surface area contributed by atoms with E-state index in [0.717, 1.165) is 22.5 Å². The van der Waals surface area contributed by atoms with Gasteiger partial charge in [-0.05, 0) is 18.2 Å². The van der Waals surface area contributed by atoms with Crippen LogP contribution in [0.1, 0.15) is 6.92 Å². The lowest BCUT2D eigenvalue weighted by Gasteiger charge is -2.18. The highest BCUT2D eigenvalue weighted by Crippen LogP contribution is 2.25. The Morgan fingerprint density at radius 1 is 1.50 bits per heavy atom. The Kier molecular flexibility index (Phi) is 4.66. The van der Waals surface area contributed by atoms with Gasteiger partial charge in [0.2, 0.25) is 10.0 Å². The van der Waals surface area contributed by atoms with E-state index in [1.54, 1.807) is 0 Å². The fraction of sp³-hybridized carbons (Fsp3) is 0.300. The molecule has 1 rings (SSSR count). The van der Waals surface area contributed by atoms with E-state index < -0.39 is 28.4 Å².